The van der Waals surface area contributed by atoms with Crippen molar-refractivity contribution in [2.45, 2.75) is 31.6 Å². The summed E-state index contributed by atoms with van der Waals surface area (Å²) in [7, 11) is 0. The predicted octanol–water partition coefficient (Wildman–Crippen LogP) is 4.02. The van der Waals surface area contributed by atoms with Crippen LogP contribution in [0.2, 0.25) is 0 Å². The lowest BCUT2D eigenvalue weighted by atomic mass is 9.57. The Morgan fingerprint density at radius 1 is 1.15 bits per heavy atom. The van der Waals surface area contributed by atoms with Crippen LogP contribution in [0.5, 0.6) is 0 Å². The first-order chi connectivity index (χ1) is 11.8. The SMILES string of the molecule is Fc1cccc(C(F)(F)F)c1CC1CC2(CNC2)C1.O=C(O)C(F)(F)F. The van der Waals surface area contributed by atoms with Gasteiger partial charge in [-0.25, -0.2) is 9.18 Å². The molecule has 0 radical (unpaired) electrons. The van der Waals surface area contributed by atoms with Crippen LogP contribution in [-0.4, -0.2) is 30.3 Å². The largest absolute Gasteiger partial charge is 0.490 e. The average molecular weight is 387 g/mol. The zero-order valence-electron chi connectivity index (χ0n) is 13.3. The van der Waals surface area contributed by atoms with Gasteiger partial charge in [0.25, 0.3) is 0 Å². The van der Waals surface area contributed by atoms with Crippen LogP contribution in [0.15, 0.2) is 18.2 Å². The Morgan fingerprint density at radius 3 is 2.08 bits per heavy atom. The van der Waals surface area contributed by atoms with Gasteiger partial charge in [0, 0.05) is 18.7 Å². The van der Waals surface area contributed by atoms with Gasteiger partial charge in [-0.2, -0.15) is 26.3 Å². The molecule has 2 N–H and O–H groups in total. The van der Waals surface area contributed by atoms with E-state index in [9.17, 15) is 30.7 Å². The average Bonchev–Trinajstić information content (AvgIpc) is 2.40. The molecule has 1 saturated heterocycles. The number of carbonyl (C=O) groups is 1. The number of carboxylic acid groups (broad SMARTS) is 1. The van der Waals surface area contributed by atoms with Gasteiger partial charge in [0.05, 0.1) is 5.56 Å². The van der Waals surface area contributed by atoms with Crippen LogP contribution < -0.4 is 5.32 Å². The first-order valence-corrected chi connectivity index (χ1v) is 7.69. The number of aliphatic carboxylic acids is 1. The quantitative estimate of drug-likeness (QED) is 0.754. The Hall–Kier alpha value is -1.84. The molecule has 3 nitrogen and oxygen atoms in total. The van der Waals surface area contributed by atoms with Gasteiger partial charge in [0.15, 0.2) is 0 Å². The molecular formula is C16H16F7NO2. The Bertz CT molecular complexity index is 658. The highest BCUT2D eigenvalue weighted by Gasteiger charge is 2.48. The molecule has 26 heavy (non-hydrogen) atoms. The molecule has 0 atom stereocenters. The Labute approximate surface area is 144 Å². The molecule has 3 rings (SSSR count). The second kappa shape index (κ2) is 7.05. The zero-order valence-corrected chi connectivity index (χ0v) is 13.3. The molecule has 1 spiro atoms. The monoisotopic (exact) mass is 387 g/mol. The van der Waals surface area contributed by atoms with Crippen molar-refractivity contribution in [3.8, 4) is 0 Å². The number of carboxylic acids is 1. The molecular weight excluding hydrogens is 371 g/mol. The van der Waals surface area contributed by atoms with Crippen molar-refractivity contribution >= 4 is 5.97 Å². The first kappa shape index (κ1) is 20.5. The number of nitrogens with one attached hydrogen (secondary N) is 1. The molecule has 2 aliphatic rings. The van der Waals surface area contributed by atoms with Gasteiger partial charge in [0.1, 0.15) is 5.82 Å². The fourth-order valence-corrected chi connectivity index (χ4v) is 3.40. The lowest BCUT2D eigenvalue weighted by molar-refractivity contribution is -0.192. The fraction of sp³-hybridized carbons (Fsp3) is 0.562. The molecule has 1 heterocycles. The topological polar surface area (TPSA) is 49.3 Å². The number of rotatable bonds is 2. The van der Waals surface area contributed by atoms with Crippen LogP contribution in [0.1, 0.15) is 24.0 Å². The summed E-state index contributed by atoms with van der Waals surface area (Å²) in [6, 6.07) is 3.21. The molecule has 1 aliphatic carbocycles. The van der Waals surface area contributed by atoms with Crippen LogP contribution in [0.4, 0.5) is 30.7 Å². The molecule has 146 valence electrons. The minimum absolute atomic E-state index is 0.165. The maximum atomic E-state index is 13.7. The van der Waals surface area contributed by atoms with Crippen LogP contribution >= 0.6 is 0 Å². The van der Waals surface area contributed by atoms with E-state index >= 15 is 0 Å². The van der Waals surface area contributed by atoms with Crippen molar-refractivity contribution < 1.29 is 40.6 Å². The fourth-order valence-electron chi connectivity index (χ4n) is 3.40. The Balaban J connectivity index is 0.000000298. The third kappa shape index (κ3) is 4.66. The third-order valence-corrected chi connectivity index (χ3v) is 4.60. The molecule has 0 amide bonds. The molecule has 1 saturated carbocycles. The zero-order chi connectivity index (χ0) is 19.8. The first-order valence-electron chi connectivity index (χ1n) is 7.69. The Kier molecular flexibility index (Phi) is 5.55. The summed E-state index contributed by atoms with van der Waals surface area (Å²) in [5.74, 6) is -3.31. The van der Waals surface area contributed by atoms with E-state index in [0.29, 0.717) is 5.41 Å². The number of alkyl halides is 6. The molecule has 0 bridgehead atoms. The minimum Gasteiger partial charge on any atom is -0.475 e. The van der Waals surface area contributed by atoms with Crippen molar-refractivity contribution in [1.29, 1.82) is 0 Å². The van der Waals surface area contributed by atoms with E-state index in [1.807, 2.05) is 0 Å². The van der Waals surface area contributed by atoms with Gasteiger partial charge < -0.3 is 10.4 Å². The van der Waals surface area contributed by atoms with Crippen LogP contribution in [-0.2, 0) is 17.4 Å². The van der Waals surface area contributed by atoms with Gasteiger partial charge in [-0.15, -0.1) is 0 Å². The summed E-state index contributed by atoms with van der Waals surface area (Å²) in [5, 5.41) is 10.3. The van der Waals surface area contributed by atoms with E-state index in [2.05, 4.69) is 5.32 Å². The molecule has 1 aliphatic heterocycles. The summed E-state index contributed by atoms with van der Waals surface area (Å²) in [6.07, 6.45) is -7.54. The maximum Gasteiger partial charge on any atom is 0.490 e. The molecule has 0 aromatic heterocycles. The normalized spacial score (nSPS) is 19.2. The van der Waals surface area contributed by atoms with Crippen LogP contribution in [0.25, 0.3) is 0 Å². The summed E-state index contributed by atoms with van der Waals surface area (Å²) >= 11 is 0. The standard InChI is InChI=1S/C14H15F4N.C2HF3O2/c15-12-3-1-2-11(14(16,17)18)10(12)4-9-5-13(6-9)7-19-8-13;3-2(4,5)1(6)7/h1-3,9,19H,4-8H2;(H,6,7). The molecule has 1 aromatic carbocycles. The highest BCUT2D eigenvalue weighted by Crippen LogP contribution is 2.50. The lowest BCUT2D eigenvalue weighted by Crippen LogP contribution is -2.60. The molecule has 2 fully saturated rings. The lowest BCUT2D eigenvalue weighted by Gasteiger charge is -2.54. The van der Waals surface area contributed by atoms with Gasteiger partial charge >= 0.3 is 18.3 Å². The van der Waals surface area contributed by atoms with Crippen molar-refractivity contribution in [2.24, 2.45) is 11.3 Å². The van der Waals surface area contributed by atoms with E-state index < -0.39 is 29.7 Å². The van der Waals surface area contributed by atoms with Gasteiger partial charge in [0.2, 0.25) is 0 Å². The second-order valence-corrected chi connectivity index (χ2v) is 6.65. The number of hydrogen-bond acceptors (Lipinski definition) is 2. The summed E-state index contributed by atoms with van der Waals surface area (Å²) in [4.78, 5) is 8.90. The molecule has 0 unspecified atom stereocenters. The van der Waals surface area contributed by atoms with E-state index in [1.165, 1.54) is 0 Å². The van der Waals surface area contributed by atoms with Crippen LogP contribution in [0.3, 0.4) is 0 Å². The number of hydrogen-bond donors (Lipinski definition) is 2. The van der Waals surface area contributed by atoms with Crippen LogP contribution in [0, 0.1) is 17.2 Å². The summed E-state index contributed by atoms with van der Waals surface area (Å²) < 4.78 is 84.0. The van der Waals surface area contributed by atoms with E-state index in [1.54, 1.807) is 0 Å². The van der Waals surface area contributed by atoms with Crippen molar-refractivity contribution in [3.63, 3.8) is 0 Å². The van der Waals surface area contributed by atoms with Gasteiger partial charge in [-0.1, -0.05) is 6.07 Å². The van der Waals surface area contributed by atoms with E-state index in [4.69, 9.17) is 9.90 Å². The van der Waals surface area contributed by atoms with Crippen molar-refractivity contribution in [1.82, 2.24) is 5.32 Å². The van der Waals surface area contributed by atoms with Gasteiger partial charge in [-0.05, 0) is 42.7 Å². The molecule has 10 heteroatoms. The smallest absolute Gasteiger partial charge is 0.475 e. The second-order valence-electron chi connectivity index (χ2n) is 6.65. The minimum atomic E-state index is -5.08. The maximum absolute atomic E-state index is 13.7. The highest BCUT2D eigenvalue weighted by molar-refractivity contribution is 5.73. The number of benzene rings is 1. The van der Waals surface area contributed by atoms with Crippen molar-refractivity contribution in [3.05, 3.63) is 35.1 Å². The van der Waals surface area contributed by atoms with E-state index in [-0.39, 0.29) is 17.9 Å². The van der Waals surface area contributed by atoms with Crippen molar-refractivity contribution in [2.75, 3.05) is 13.1 Å². The number of halogens is 7. The molecule has 1 aromatic rings. The third-order valence-electron chi connectivity index (χ3n) is 4.60. The summed E-state index contributed by atoms with van der Waals surface area (Å²) in [6.45, 7) is 1.90. The summed E-state index contributed by atoms with van der Waals surface area (Å²) in [5.41, 5.74) is -0.684. The predicted molar refractivity (Wildman–Crippen MR) is 76.8 cm³/mol. The Morgan fingerprint density at radius 2 is 1.69 bits per heavy atom. The highest BCUT2D eigenvalue weighted by atomic mass is 19.4. The van der Waals surface area contributed by atoms with E-state index in [0.717, 1.165) is 44.1 Å². The van der Waals surface area contributed by atoms with Gasteiger partial charge in [-0.3, -0.25) is 0 Å².